The molecule has 0 aliphatic heterocycles. The Balaban J connectivity index is 1.58. The van der Waals surface area contributed by atoms with Crippen molar-refractivity contribution in [1.82, 2.24) is 5.32 Å². The number of carbonyl (C=O) groups excluding carboxylic acids is 4. The molecule has 2 rings (SSSR count). The lowest BCUT2D eigenvalue weighted by molar-refractivity contribution is -0.147. The first-order valence-electron chi connectivity index (χ1n) is 10.0. The third-order valence-electron chi connectivity index (χ3n) is 4.61. The third kappa shape index (κ3) is 9.23. The summed E-state index contributed by atoms with van der Waals surface area (Å²) in [7, 11) is 0. The lowest BCUT2D eigenvalue weighted by Gasteiger charge is -2.22. The summed E-state index contributed by atoms with van der Waals surface area (Å²) in [4.78, 5) is 46.5. The van der Waals surface area contributed by atoms with Crippen LogP contribution >= 0.6 is 0 Å². The molecule has 1 aliphatic rings. The molecule has 0 unspecified atom stereocenters. The van der Waals surface area contributed by atoms with Crippen LogP contribution < -0.4 is 16.0 Å². The van der Waals surface area contributed by atoms with E-state index in [1.807, 2.05) is 0 Å². The van der Waals surface area contributed by atoms with Gasteiger partial charge in [0.15, 0.2) is 6.61 Å². The maximum absolute atomic E-state index is 11.9. The molecule has 1 aromatic carbocycles. The van der Waals surface area contributed by atoms with E-state index in [4.69, 9.17) is 4.74 Å². The molecule has 0 bridgehead atoms. The number of hydrogen-bond donors (Lipinski definition) is 3. The predicted octanol–water partition coefficient (Wildman–Crippen LogP) is 2.75. The van der Waals surface area contributed by atoms with Gasteiger partial charge in [-0.1, -0.05) is 19.3 Å². The summed E-state index contributed by atoms with van der Waals surface area (Å²) in [6, 6.07) is 6.84. The van der Waals surface area contributed by atoms with Gasteiger partial charge in [-0.3, -0.25) is 19.2 Å². The van der Waals surface area contributed by atoms with Crippen LogP contribution in [0.5, 0.6) is 0 Å². The minimum Gasteiger partial charge on any atom is -0.456 e. The highest BCUT2D eigenvalue weighted by atomic mass is 16.5. The van der Waals surface area contributed by atoms with E-state index in [1.54, 1.807) is 24.3 Å². The predicted molar refractivity (Wildman–Crippen MR) is 109 cm³/mol. The Hall–Kier alpha value is -2.90. The van der Waals surface area contributed by atoms with Crippen molar-refractivity contribution >= 4 is 35.1 Å². The molecule has 0 spiro atoms. The summed E-state index contributed by atoms with van der Waals surface area (Å²) in [5, 5.41) is 8.24. The fraction of sp³-hybridized carbons (Fsp3) is 0.524. The van der Waals surface area contributed by atoms with Gasteiger partial charge in [0.1, 0.15) is 0 Å². The van der Waals surface area contributed by atoms with Crippen molar-refractivity contribution in [2.24, 2.45) is 0 Å². The van der Waals surface area contributed by atoms with Crippen LogP contribution in [0.4, 0.5) is 11.4 Å². The molecule has 1 aromatic rings. The Bertz CT molecular complexity index is 712. The van der Waals surface area contributed by atoms with Crippen LogP contribution in [0.25, 0.3) is 0 Å². The van der Waals surface area contributed by atoms with Gasteiger partial charge in [-0.2, -0.15) is 0 Å². The summed E-state index contributed by atoms with van der Waals surface area (Å²) < 4.78 is 4.94. The van der Waals surface area contributed by atoms with Crippen LogP contribution in [0.2, 0.25) is 0 Å². The van der Waals surface area contributed by atoms with E-state index in [9.17, 15) is 19.2 Å². The summed E-state index contributed by atoms with van der Waals surface area (Å²) in [5.41, 5.74) is 1.15. The third-order valence-corrected chi connectivity index (χ3v) is 4.61. The minimum atomic E-state index is -0.508. The van der Waals surface area contributed by atoms with Gasteiger partial charge in [-0.15, -0.1) is 0 Å². The van der Waals surface area contributed by atoms with Crippen LogP contribution in [0.3, 0.4) is 0 Å². The van der Waals surface area contributed by atoms with E-state index in [0.29, 0.717) is 17.8 Å². The maximum atomic E-state index is 11.9. The molecule has 29 heavy (non-hydrogen) atoms. The highest BCUT2D eigenvalue weighted by Crippen LogP contribution is 2.17. The molecule has 158 valence electrons. The molecule has 3 N–H and O–H groups in total. The monoisotopic (exact) mass is 403 g/mol. The van der Waals surface area contributed by atoms with E-state index < -0.39 is 11.9 Å². The van der Waals surface area contributed by atoms with E-state index in [2.05, 4.69) is 16.0 Å². The molecular weight excluding hydrogens is 374 g/mol. The summed E-state index contributed by atoms with van der Waals surface area (Å²) in [6.45, 7) is 1.02. The number of nitrogens with one attached hydrogen (secondary N) is 3. The van der Waals surface area contributed by atoms with E-state index in [-0.39, 0.29) is 37.3 Å². The molecule has 1 saturated carbocycles. The molecule has 1 fully saturated rings. The number of rotatable bonds is 9. The lowest BCUT2D eigenvalue weighted by Crippen LogP contribution is -2.36. The van der Waals surface area contributed by atoms with Gasteiger partial charge in [0.05, 0.1) is 0 Å². The maximum Gasteiger partial charge on any atom is 0.306 e. The van der Waals surface area contributed by atoms with Crippen LogP contribution in [0, 0.1) is 0 Å². The average Bonchev–Trinajstić information content (AvgIpc) is 2.68. The molecule has 3 amide bonds. The number of esters is 1. The average molecular weight is 403 g/mol. The normalized spacial score (nSPS) is 14.0. The van der Waals surface area contributed by atoms with Gasteiger partial charge in [-0.25, -0.2) is 0 Å². The topological polar surface area (TPSA) is 114 Å². The molecule has 8 heteroatoms. The van der Waals surface area contributed by atoms with Crippen molar-refractivity contribution in [3.8, 4) is 0 Å². The Morgan fingerprint density at radius 2 is 1.52 bits per heavy atom. The zero-order valence-corrected chi connectivity index (χ0v) is 16.8. The van der Waals surface area contributed by atoms with Crippen molar-refractivity contribution in [2.45, 2.75) is 64.3 Å². The van der Waals surface area contributed by atoms with E-state index in [0.717, 1.165) is 25.7 Å². The number of carbonyl (C=O) groups is 4. The second-order valence-corrected chi connectivity index (χ2v) is 7.22. The zero-order chi connectivity index (χ0) is 21.1. The largest absolute Gasteiger partial charge is 0.456 e. The Morgan fingerprint density at radius 3 is 2.14 bits per heavy atom. The van der Waals surface area contributed by atoms with Gasteiger partial charge in [-0.05, 0) is 43.5 Å². The van der Waals surface area contributed by atoms with E-state index >= 15 is 0 Å². The molecule has 0 atom stereocenters. The number of amides is 3. The number of anilines is 2. The number of ether oxygens (including phenoxy) is 1. The molecule has 0 heterocycles. The van der Waals surface area contributed by atoms with Crippen molar-refractivity contribution < 1.29 is 23.9 Å². The number of hydrogen-bond acceptors (Lipinski definition) is 5. The molecule has 8 nitrogen and oxygen atoms in total. The van der Waals surface area contributed by atoms with Gasteiger partial charge >= 0.3 is 5.97 Å². The molecule has 0 aromatic heterocycles. The van der Waals surface area contributed by atoms with Crippen molar-refractivity contribution in [3.05, 3.63) is 24.3 Å². The second-order valence-electron chi connectivity index (χ2n) is 7.22. The first kappa shape index (κ1) is 22.4. The van der Waals surface area contributed by atoms with Crippen molar-refractivity contribution in [2.75, 3.05) is 17.2 Å². The van der Waals surface area contributed by atoms with Crippen LogP contribution in [0.15, 0.2) is 24.3 Å². The Morgan fingerprint density at radius 1 is 0.897 bits per heavy atom. The lowest BCUT2D eigenvalue weighted by atomic mass is 9.95. The molecular formula is C21H29N3O5. The fourth-order valence-corrected chi connectivity index (χ4v) is 3.20. The summed E-state index contributed by atoms with van der Waals surface area (Å²) >= 11 is 0. The first-order chi connectivity index (χ1) is 13.9. The Labute approximate surface area is 170 Å². The summed E-state index contributed by atoms with van der Waals surface area (Å²) in [6.07, 6.45) is 6.35. The van der Waals surface area contributed by atoms with Gasteiger partial charge in [0.25, 0.3) is 5.91 Å². The molecule has 0 saturated heterocycles. The van der Waals surface area contributed by atoms with E-state index in [1.165, 1.54) is 13.3 Å². The second kappa shape index (κ2) is 11.8. The SMILES string of the molecule is CC(=O)Nc1ccc(NC(=O)COC(=O)CCCC(=O)NC2CCCCC2)cc1. The molecule has 0 radical (unpaired) electrons. The minimum absolute atomic E-state index is 0.0369. The fourth-order valence-electron chi connectivity index (χ4n) is 3.20. The van der Waals surface area contributed by atoms with Gasteiger partial charge in [0, 0.05) is 37.2 Å². The number of benzene rings is 1. The molecule has 1 aliphatic carbocycles. The van der Waals surface area contributed by atoms with Gasteiger partial charge in [0.2, 0.25) is 11.8 Å². The highest BCUT2D eigenvalue weighted by molar-refractivity contribution is 5.93. The van der Waals surface area contributed by atoms with Crippen LogP contribution in [-0.4, -0.2) is 36.3 Å². The van der Waals surface area contributed by atoms with Crippen LogP contribution in [0.1, 0.15) is 58.3 Å². The zero-order valence-electron chi connectivity index (χ0n) is 16.8. The standard InChI is InChI=1S/C21H29N3O5/c1-15(25)22-17-10-12-18(13-11-17)24-20(27)14-29-21(28)9-5-8-19(26)23-16-6-3-2-4-7-16/h10-13,16H,2-9,14H2,1H3,(H,22,25)(H,23,26)(H,24,27). The quantitative estimate of drug-likeness (QED) is 0.549. The van der Waals surface area contributed by atoms with Gasteiger partial charge < -0.3 is 20.7 Å². The smallest absolute Gasteiger partial charge is 0.306 e. The highest BCUT2D eigenvalue weighted by Gasteiger charge is 2.16. The van der Waals surface area contributed by atoms with Crippen LogP contribution in [-0.2, 0) is 23.9 Å². The van der Waals surface area contributed by atoms with Crippen molar-refractivity contribution in [1.29, 1.82) is 0 Å². The first-order valence-corrected chi connectivity index (χ1v) is 10.0. The summed E-state index contributed by atoms with van der Waals surface area (Å²) in [5.74, 6) is -1.18. The Kier molecular flexibility index (Phi) is 9.14. The van der Waals surface area contributed by atoms with Crippen molar-refractivity contribution in [3.63, 3.8) is 0 Å².